The van der Waals surface area contributed by atoms with Crippen LogP contribution in [0, 0.1) is 10.1 Å². The van der Waals surface area contributed by atoms with Crippen LogP contribution in [0.25, 0.3) is 0 Å². The van der Waals surface area contributed by atoms with Gasteiger partial charge in [-0.15, -0.1) is 0 Å². The Balaban J connectivity index is 2.69. The largest absolute Gasteiger partial charge is 0.388 e. The summed E-state index contributed by atoms with van der Waals surface area (Å²) in [4.78, 5) is 10.2. The molecule has 0 saturated heterocycles. The van der Waals surface area contributed by atoms with Crippen LogP contribution >= 0.6 is 0 Å². The lowest BCUT2D eigenvalue weighted by atomic mass is 9.97. The quantitative estimate of drug-likeness (QED) is 0.590. The second-order valence-electron chi connectivity index (χ2n) is 4.09. The molecular weight excluding hydrogens is 220 g/mol. The number of rotatable bonds is 6. The summed E-state index contributed by atoms with van der Waals surface area (Å²) in [6.45, 7) is 4.22. The molecule has 1 aromatic rings. The Kier molecular flexibility index (Phi) is 4.45. The molecule has 0 radical (unpaired) electrons. The molecule has 5 heteroatoms. The van der Waals surface area contributed by atoms with Crippen LogP contribution in [-0.4, -0.2) is 22.2 Å². The van der Waals surface area contributed by atoms with E-state index in [9.17, 15) is 15.2 Å². The van der Waals surface area contributed by atoms with E-state index in [1.807, 2.05) is 13.8 Å². The summed E-state index contributed by atoms with van der Waals surface area (Å²) in [6, 6.07) is 6.28. The maximum atomic E-state index is 10.6. The van der Waals surface area contributed by atoms with E-state index in [0.29, 0.717) is 25.1 Å². The van der Waals surface area contributed by atoms with Crippen LogP contribution in [0.1, 0.15) is 26.7 Å². The number of benzene rings is 1. The average Bonchev–Trinajstić information content (AvgIpc) is 2.36. The summed E-state index contributed by atoms with van der Waals surface area (Å²) < 4.78 is 0. The Labute approximate surface area is 101 Å². The molecule has 0 amide bonds. The molecule has 1 rings (SSSR count). The van der Waals surface area contributed by atoms with Crippen LogP contribution in [-0.2, 0) is 0 Å². The summed E-state index contributed by atoms with van der Waals surface area (Å²) in [6.07, 6.45) is 1.29. The Morgan fingerprint density at radius 2 is 2.06 bits per heavy atom. The molecule has 2 N–H and O–H groups in total. The summed E-state index contributed by atoms with van der Waals surface area (Å²) in [5, 5.41) is 23.7. The first-order chi connectivity index (χ1) is 8.00. The highest BCUT2D eigenvalue weighted by Gasteiger charge is 2.21. The molecule has 5 nitrogen and oxygen atoms in total. The molecular formula is C12H18N2O3. The predicted molar refractivity (Wildman–Crippen MR) is 67.1 cm³/mol. The van der Waals surface area contributed by atoms with Gasteiger partial charge in [0.25, 0.3) is 5.69 Å². The minimum Gasteiger partial charge on any atom is -0.388 e. The molecule has 0 atom stereocenters. The van der Waals surface area contributed by atoms with E-state index in [2.05, 4.69) is 5.32 Å². The van der Waals surface area contributed by atoms with Crippen molar-refractivity contribution in [2.75, 3.05) is 11.9 Å². The summed E-state index contributed by atoms with van der Waals surface area (Å²) in [5.74, 6) is 0. The Hall–Kier alpha value is -1.62. The zero-order valence-electron chi connectivity index (χ0n) is 10.1. The molecule has 0 aliphatic rings. The fraction of sp³-hybridized carbons (Fsp3) is 0.500. The first-order valence-corrected chi connectivity index (χ1v) is 5.71. The lowest BCUT2D eigenvalue weighted by molar-refractivity contribution is -0.384. The number of nitro benzene ring substituents is 1. The standard InChI is InChI=1S/C12H18N2O3/c1-3-12(15,4-2)9-13-10-6-5-7-11(8-10)14(16)17/h5-8,13,15H,3-4,9H2,1-2H3. The van der Waals surface area contributed by atoms with E-state index in [1.165, 1.54) is 12.1 Å². The zero-order chi connectivity index (χ0) is 12.9. The minimum atomic E-state index is -0.759. The van der Waals surface area contributed by atoms with E-state index >= 15 is 0 Å². The van der Waals surface area contributed by atoms with Crippen LogP contribution in [0.4, 0.5) is 11.4 Å². The summed E-state index contributed by atoms with van der Waals surface area (Å²) in [7, 11) is 0. The summed E-state index contributed by atoms with van der Waals surface area (Å²) >= 11 is 0. The van der Waals surface area contributed by atoms with Crippen LogP contribution in [0.3, 0.4) is 0 Å². The topological polar surface area (TPSA) is 75.4 Å². The van der Waals surface area contributed by atoms with Crippen molar-refractivity contribution in [3.05, 3.63) is 34.4 Å². The molecule has 0 spiro atoms. The SMILES string of the molecule is CCC(O)(CC)CNc1cccc([N+](=O)[O-])c1. The predicted octanol–water partition coefficient (Wildman–Crippen LogP) is 2.56. The maximum absolute atomic E-state index is 10.6. The van der Waals surface area contributed by atoms with Gasteiger partial charge in [-0.1, -0.05) is 19.9 Å². The number of nitrogens with zero attached hydrogens (tertiary/aromatic N) is 1. The number of anilines is 1. The highest BCUT2D eigenvalue weighted by Crippen LogP contribution is 2.20. The Morgan fingerprint density at radius 3 is 2.59 bits per heavy atom. The third kappa shape index (κ3) is 3.71. The number of nitro groups is 1. The average molecular weight is 238 g/mol. The number of non-ortho nitro benzene ring substituents is 1. The lowest BCUT2D eigenvalue weighted by Crippen LogP contribution is -2.35. The fourth-order valence-electron chi connectivity index (χ4n) is 1.50. The van der Waals surface area contributed by atoms with Gasteiger partial charge < -0.3 is 10.4 Å². The van der Waals surface area contributed by atoms with Crippen molar-refractivity contribution < 1.29 is 10.0 Å². The molecule has 0 saturated carbocycles. The number of aliphatic hydroxyl groups is 1. The second-order valence-corrected chi connectivity index (χ2v) is 4.09. The first-order valence-electron chi connectivity index (χ1n) is 5.71. The van der Waals surface area contributed by atoms with Gasteiger partial charge in [-0.3, -0.25) is 10.1 Å². The van der Waals surface area contributed by atoms with Crippen LogP contribution in [0.15, 0.2) is 24.3 Å². The molecule has 0 aliphatic heterocycles. The third-order valence-corrected chi connectivity index (χ3v) is 2.99. The van der Waals surface area contributed by atoms with Crippen molar-refractivity contribution in [2.24, 2.45) is 0 Å². The van der Waals surface area contributed by atoms with E-state index < -0.39 is 10.5 Å². The third-order valence-electron chi connectivity index (χ3n) is 2.99. The van der Waals surface area contributed by atoms with Gasteiger partial charge in [0, 0.05) is 24.4 Å². The van der Waals surface area contributed by atoms with Gasteiger partial charge in [0.15, 0.2) is 0 Å². The second kappa shape index (κ2) is 5.63. The van der Waals surface area contributed by atoms with E-state index in [1.54, 1.807) is 12.1 Å². The lowest BCUT2D eigenvalue weighted by Gasteiger charge is -2.25. The highest BCUT2D eigenvalue weighted by molar-refractivity contribution is 5.51. The normalized spacial score (nSPS) is 11.2. The summed E-state index contributed by atoms with van der Waals surface area (Å²) in [5.41, 5.74) is -0.0592. The molecule has 0 bridgehead atoms. The molecule has 0 aromatic heterocycles. The number of nitrogens with one attached hydrogen (secondary N) is 1. The van der Waals surface area contributed by atoms with Crippen molar-refractivity contribution in [1.29, 1.82) is 0 Å². The van der Waals surface area contributed by atoms with Crippen LogP contribution in [0.5, 0.6) is 0 Å². The van der Waals surface area contributed by atoms with Crippen molar-refractivity contribution in [3.63, 3.8) is 0 Å². The van der Waals surface area contributed by atoms with Crippen molar-refractivity contribution in [2.45, 2.75) is 32.3 Å². The molecule has 0 aliphatic carbocycles. The monoisotopic (exact) mass is 238 g/mol. The van der Waals surface area contributed by atoms with E-state index in [4.69, 9.17) is 0 Å². The highest BCUT2D eigenvalue weighted by atomic mass is 16.6. The van der Waals surface area contributed by atoms with Crippen LogP contribution in [0.2, 0.25) is 0 Å². The van der Waals surface area contributed by atoms with Crippen molar-refractivity contribution >= 4 is 11.4 Å². The van der Waals surface area contributed by atoms with Gasteiger partial charge in [0.1, 0.15) is 0 Å². The maximum Gasteiger partial charge on any atom is 0.271 e. The minimum absolute atomic E-state index is 0.0477. The number of hydrogen-bond donors (Lipinski definition) is 2. The van der Waals surface area contributed by atoms with Gasteiger partial charge >= 0.3 is 0 Å². The molecule has 0 fully saturated rings. The number of hydrogen-bond acceptors (Lipinski definition) is 4. The Bertz CT molecular complexity index is 389. The molecule has 17 heavy (non-hydrogen) atoms. The fourth-order valence-corrected chi connectivity index (χ4v) is 1.50. The molecule has 1 aromatic carbocycles. The van der Waals surface area contributed by atoms with Gasteiger partial charge in [0.05, 0.1) is 10.5 Å². The Morgan fingerprint density at radius 1 is 1.41 bits per heavy atom. The molecule has 0 heterocycles. The van der Waals surface area contributed by atoms with Crippen molar-refractivity contribution in [3.8, 4) is 0 Å². The van der Waals surface area contributed by atoms with Gasteiger partial charge in [0.2, 0.25) is 0 Å². The zero-order valence-corrected chi connectivity index (χ0v) is 10.1. The molecule has 94 valence electrons. The first kappa shape index (κ1) is 13.4. The molecule has 0 unspecified atom stereocenters. The van der Waals surface area contributed by atoms with E-state index in [-0.39, 0.29) is 5.69 Å². The van der Waals surface area contributed by atoms with Gasteiger partial charge in [-0.2, -0.15) is 0 Å². The van der Waals surface area contributed by atoms with Crippen LogP contribution < -0.4 is 5.32 Å². The van der Waals surface area contributed by atoms with Gasteiger partial charge in [-0.05, 0) is 18.9 Å². The smallest absolute Gasteiger partial charge is 0.271 e. The van der Waals surface area contributed by atoms with E-state index in [0.717, 1.165) is 0 Å². The van der Waals surface area contributed by atoms with Gasteiger partial charge in [-0.25, -0.2) is 0 Å². The van der Waals surface area contributed by atoms with Crippen molar-refractivity contribution in [1.82, 2.24) is 0 Å².